The van der Waals surface area contributed by atoms with E-state index >= 15 is 0 Å². The van der Waals surface area contributed by atoms with Crippen LogP contribution in [0.5, 0.6) is 34.5 Å². The molecule has 0 fully saturated rings. The number of rotatable bonds is 11. The zero-order valence-corrected chi connectivity index (χ0v) is 25.8. The molecule has 1 aliphatic carbocycles. The lowest BCUT2D eigenvalue weighted by Gasteiger charge is -2.19. The molecule has 12 nitrogen and oxygen atoms in total. The molecule has 2 amide bonds. The van der Waals surface area contributed by atoms with E-state index in [0.29, 0.717) is 64.2 Å². The Balaban J connectivity index is 1.72. The lowest BCUT2D eigenvalue weighted by molar-refractivity contribution is -0.119. The predicted octanol–water partition coefficient (Wildman–Crippen LogP) is 3.94. The van der Waals surface area contributed by atoms with Crippen molar-refractivity contribution < 1.29 is 38.0 Å². The fourth-order valence-electron chi connectivity index (χ4n) is 5.39. The van der Waals surface area contributed by atoms with Crippen molar-refractivity contribution >= 4 is 23.2 Å². The van der Waals surface area contributed by atoms with E-state index in [1.807, 2.05) is 6.07 Å². The number of carbonyl (C=O) groups excluding carboxylic acids is 2. The Morgan fingerprint density at radius 1 is 0.795 bits per heavy atom. The van der Waals surface area contributed by atoms with Crippen molar-refractivity contribution in [3.8, 4) is 45.6 Å². The van der Waals surface area contributed by atoms with E-state index in [1.165, 1.54) is 48.5 Å². The number of nitrogens with one attached hydrogen (secondary N) is 3. The molecule has 0 aromatic heterocycles. The molecule has 3 N–H and O–H groups in total. The fraction of sp³-hybridized carbons (Fsp3) is 0.344. The molecular formula is C32H37N3O9. The Morgan fingerprint density at radius 3 is 1.98 bits per heavy atom. The molecule has 0 spiro atoms. The minimum Gasteiger partial charge on any atom is -0.493 e. The van der Waals surface area contributed by atoms with Gasteiger partial charge in [-0.15, -0.1) is 0 Å². The van der Waals surface area contributed by atoms with Gasteiger partial charge in [-0.2, -0.15) is 0 Å². The molecule has 1 atom stereocenters. The van der Waals surface area contributed by atoms with Gasteiger partial charge in [0.1, 0.15) is 0 Å². The number of hydrogen-bond donors (Lipinski definition) is 3. The molecule has 0 saturated carbocycles. The van der Waals surface area contributed by atoms with Crippen LogP contribution in [-0.4, -0.2) is 61.0 Å². The second kappa shape index (κ2) is 13.9. The average molecular weight is 608 g/mol. The highest BCUT2D eigenvalue weighted by Gasteiger charge is 2.29. The van der Waals surface area contributed by atoms with Crippen LogP contribution >= 0.6 is 0 Å². The number of carbonyl (C=O) groups is 2. The molecule has 0 radical (unpaired) electrons. The van der Waals surface area contributed by atoms with Gasteiger partial charge in [-0.05, 0) is 47.7 Å². The summed E-state index contributed by atoms with van der Waals surface area (Å²) in [6.07, 6.45) is 1.11. The quantitative estimate of drug-likeness (QED) is 0.293. The number of hydrogen-bond acceptors (Lipinski definition) is 10. The highest BCUT2D eigenvalue weighted by atomic mass is 16.5. The number of methoxy groups -OCH3 is 6. The zero-order valence-electron chi connectivity index (χ0n) is 25.8. The average Bonchev–Trinajstić information content (AvgIpc) is 3.26. The maximum atomic E-state index is 13.5. The molecule has 3 aromatic carbocycles. The summed E-state index contributed by atoms with van der Waals surface area (Å²) in [5, 5.41) is 8.70. The van der Waals surface area contributed by atoms with Crippen molar-refractivity contribution in [1.82, 2.24) is 5.32 Å². The van der Waals surface area contributed by atoms with E-state index in [4.69, 9.17) is 28.4 Å². The summed E-state index contributed by atoms with van der Waals surface area (Å²) in [7, 11) is 9.06. The highest BCUT2D eigenvalue weighted by molar-refractivity contribution is 5.94. The molecule has 0 aliphatic heterocycles. The molecule has 3 aromatic rings. The molecule has 12 heteroatoms. The summed E-state index contributed by atoms with van der Waals surface area (Å²) in [6, 6.07) is 9.53. The summed E-state index contributed by atoms with van der Waals surface area (Å²) in [4.78, 5) is 38.6. The van der Waals surface area contributed by atoms with Crippen LogP contribution in [0.1, 0.15) is 30.5 Å². The SMILES string of the molecule is COc1cc(NC(=O)CNc2ccc3c(cc2=O)[C@@H](NC(C)=O)CCc2cc(OC)c(OC)c(OC)c2-3)cc(OC)c1OC. The smallest absolute Gasteiger partial charge is 0.243 e. The van der Waals surface area contributed by atoms with Gasteiger partial charge < -0.3 is 44.4 Å². The van der Waals surface area contributed by atoms with Gasteiger partial charge in [0.15, 0.2) is 23.0 Å². The normalized spacial score (nSPS) is 13.3. The van der Waals surface area contributed by atoms with Crippen LogP contribution in [0.2, 0.25) is 0 Å². The van der Waals surface area contributed by atoms with Gasteiger partial charge >= 0.3 is 0 Å². The van der Waals surface area contributed by atoms with E-state index in [0.717, 1.165) is 11.1 Å². The first kappa shape index (κ1) is 31.8. The molecular weight excluding hydrogens is 570 g/mol. The molecule has 0 heterocycles. The number of ether oxygens (including phenoxy) is 6. The van der Waals surface area contributed by atoms with E-state index in [1.54, 1.807) is 31.4 Å². The predicted molar refractivity (Wildman–Crippen MR) is 166 cm³/mol. The van der Waals surface area contributed by atoms with Crippen molar-refractivity contribution in [2.24, 2.45) is 0 Å². The van der Waals surface area contributed by atoms with E-state index in [9.17, 15) is 14.4 Å². The second-order valence-electron chi connectivity index (χ2n) is 9.91. The molecule has 4 rings (SSSR count). The minimum atomic E-state index is -0.451. The summed E-state index contributed by atoms with van der Waals surface area (Å²) in [5.41, 5.74) is 3.20. The van der Waals surface area contributed by atoms with Crippen molar-refractivity contribution in [3.05, 3.63) is 57.7 Å². The Morgan fingerprint density at radius 2 is 1.41 bits per heavy atom. The molecule has 0 saturated heterocycles. The van der Waals surface area contributed by atoms with E-state index in [-0.39, 0.29) is 23.6 Å². The third-order valence-corrected chi connectivity index (χ3v) is 7.30. The van der Waals surface area contributed by atoms with Crippen molar-refractivity contribution in [3.63, 3.8) is 0 Å². The fourth-order valence-corrected chi connectivity index (χ4v) is 5.39. The van der Waals surface area contributed by atoms with E-state index < -0.39 is 11.9 Å². The zero-order chi connectivity index (χ0) is 32.0. The lowest BCUT2D eigenvalue weighted by Crippen LogP contribution is -2.27. The highest BCUT2D eigenvalue weighted by Crippen LogP contribution is 2.50. The number of fused-ring (bicyclic) bond motifs is 3. The van der Waals surface area contributed by atoms with Crippen LogP contribution in [0.3, 0.4) is 0 Å². The maximum absolute atomic E-state index is 13.5. The van der Waals surface area contributed by atoms with Crippen LogP contribution in [0.15, 0.2) is 41.2 Å². The summed E-state index contributed by atoms with van der Waals surface area (Å²) in [5.74, 6) is 1.89. The van der Waals surface area contributed by atoms with Crippen LogP contribution in [0.4, 0.5) is 11.4 Å². The van der Waals surface area contributed by atoms with Gasteiger partial charge in [0.2, 0.25) is 28.7 Å². The molecule has 1 aliphatic rings. The standard InChI is InChI=1S/C32H37N3O9/c1-17(36)34-22-10-8-18-12-25(39-2)31(43-6)32(44-7)29(18)20-9-11-23(24(37)15-21(20)22)33-16-28(38)35-19-13-26(40-3)30(42-5)27(14-19)41-4/h9,11-15,22H,8,10,16H2,1-7H3,(H,33,37)(H,34,36)(H,35,38)/t22-/m0/s1. The van der Waals surface area contributed by atoms with Gasteiger partial charge in [0.05, 0.1) is 60.9 Å². The molecule has 0 bridgehead atoms. The Bertz CT molecular complexity index is 1600. The monoisotopic (exact) mass is 607 g/mol. The van der Waals surface area contributed by atoms with Gasteiger partial charge in [0.25, 0.3) is 0 Å². The van der Waals surface area contributed by atoms with Crippen molar-refractivity contribution in [2.75, 3.05) is 59.8 Å². The van der Waals surface area contributed by atoms with Crippen LogP contribution in [0.25, 0.3) is 11.1 Å². The number of aryl methyl sites for hydroxylation is 1. The first-order valence-electron chi connectivity index (χ1n) is 13.8. The third kappa shape index (κ3) is 6.43. The topological polar surface area (TPSA) is 143 Å². The van der Waals surface area contributed by atoms with Crippen LogP contribution in [0, 0.1) is 0 Å². The Labute approximate surface area is 255 Å². The third-order valence-electron chi connectivity index (χ3n) is 7.30. The maximum Gasteiger partial charge on any atom is 0.243 e. The first-order valence-corrected chi connectivity index (χ1v) is 13.8. The van der Waals surface area contributed by atoms with Gasteiger partial charge in [-0.1, -0.05) is 6.07 Å². The Hall–Kier alpha value is -5.13. The first-order chi connectivity index (χ1) is 21.2. The molecule has 44 heavy (non-hydrogen) atoms. The number of benzene rings is 2. The second-order valence-corrected chi connectivity index (χ2v) is 9.91. The van der Waals surface area contributed by atoms with Crippen molar-refractivity contribution in [2.45, 2.75) is 25.8 Å². The number of amides is 2. The number of anilines is 2. The molecule has 234 valence electrons. The van der Waals surface area contributed by atoms with Gasteiger partial charge in [-0.3, -0.25) is 14.4 Å². The largest absolute Gasteiger partial charge is 0.493 e. The van der Waals surface area contributed by atoms with E-state index in [2.05, 4.69) is 16.0 Å². The summed E-state index contributed by atoms with van der Waals surface area (Å²) >= 11 is 0. The summed E-state index contributed by atoms with van der Waals surface area (Å²) < 4.78 is 33.1. The minimum absolute atomic E-state index is 0.195. The molecule has 0 unspecified atom stereocenters. The lowest BCUT2D eigenvalue weighted by atomic mass is 9.95. The van der Waals surface area contributed by atoms with Crippen LogP contribution in [-0.2, 0) is 16.0 Å². The Kier molecular flexibility index (Phi) is 10.0. The van der Waals surface area contributed by atoms with Gasteiger partial charge in [0, 0.05) is 30.3 Å². The van der Waals surface area contributed by atoms with Crippen LogP contribution < -0.4 is 49.8 Å². The summed E-state index contributed by atoms with van der Waals surface area (Å²) in [6.45, 7) is 1.23. The van der Waals surface area contributed by atoms with Gasteiger partial charge in [-0.25, -0.2) is 0 Å². The van der Waals surface area contributed by atoms with Crippen molar-refractivity contribution in [1.29, 1.82) is 0 Å².